The Bertz CT molecular complexity index is 639. The molecule has 7 nitrogen and oxygen atoms in total. The maximum absolute atomic E-state index is 11.8. The van der Waals surface area contributed by atoms with Gasteiger partial charge in [0.1, 0.15) is 5.82 Å². The molecule has 1 heterocycles. The molecule has 0 atom stereocenters. The van der Waals surface area contributed by atoms with Crippen molar-refractivity contribution in [3.8, 4) is 0 Å². The molecule has 0 saturated heterocycles. The number of carbonyl (C=O) groups is 2. The molecule has 2 rings (SSSR count). The normalized spacial score (nSPS) is 10.2. The standard InChI is InChI=1S/C13H14N4O3S/c1-8-14-13(17-16-8)21-7-11(18)15-10-5-3-9(4-6-10)12(19)20-2/h3-6H,7H2,1-2H3,(H,15,18)(H,14,16,17). The van der Waals surface area contributed by atoms with Crippen LogP contribution in [0.25, 0.3) is 0 Å². The summed E-state index contributed by atoms with van der Waals surface area (Å²) in [4.78, 5) is 27.2. The van der Waals surface area contributed by atoms with Crippen molar-refractivity contribution < 1.29 is 14.3 Å². The topological polar surface area (TPSA) is 97.0 Å². The number of carbonyl (C=O) groups excluding carboxylic acids is 2. The van der Waals surface area contributed by atoms with Crippen molar-refractivity contribution in [1.82, 2.24) is 15.2 Å². The molecule has 0 bridgehead atoms. The lowest BCUT2D eigenvalue weighted by Crippen LogP contribution is -2.14. The number of amides is 1. The van der Waals surface area contributed by atoms with Crippen molar-refractivity contribution in [2.24, 2.45) is 0 Å². The fourth-order valence-corrected chi connectivity index (χ4v) is 2.17. The van der Waals surface area contributed by atoms with Crippen molar-refractivity contribution in [2.45, 2.75) is 12.1 Å². The molecular weight excluding hydrogens is 292 g/mol. The average Bonchev–Trinajstić information content (AvgIpc) is 2.91. The number of nitrogens with zero attached hydrogens (tertiary/aromatic N) is 2. The third-order valence-electron chi connectivity index (χ3n) is 2.50. The van der Waals surface area contributed by atoms with Crippen LogP contribution in [0.2, 0.25) is 0 Å². The van der Waals surface area contributed by atoms with Gasteiger partial charge in [-0.15, -0.1) is 5.10 Å². The van der Waals surface area contributed by atoms with Crippen LogP contribution in [-0.4, -0.2) is 39.9 Å². The molecule has 0 aliphatic carbocycles. The van der Waals surface area contributed by atoms with Gasteiger partial charge in [0.2, 0.25) is 11.1 Å². The van der Waals surface area contributed by atoms with Crippen LogP contribution in [0.1, 0.15) is 16.2 Å². The summed E-state index contributed by atoms with van der Waals surface area (Å²) in [6, 6.07) is 6.47. The highest BCUT2D eigenvalue weighted by Crippen LogP contribution is 2.14. The Labute approximate surface area is 125 Å². The smallest absolute Gasteiger partial charge is 0.337 e. The number of benzene rings is 1. The Morgan fingerprint density at radius 3 is 2.62 bits per heavy atom. The summed E-state index contributed by atoms with van der Waals surface area (Å²) < 4.78 is 4.60. The molecule has 8 heteroatoms. The van der Waals surface area contributed by atoms with Gasteiger partial charge in [-0.3, -0.25) is 9.89 Å². The van der Waals surface area contributed by atoms with Gasteiger partial charge < -0.3 is 10.1 Å². The molecule has 1 aromatic carbocycles. The number of thioether (sulfide) groups is 1. The maximum atomic E-state index is 11.8. The average molecular weight is 306 g/mol. The van der Waals surface area contributed by atoms with Gasteiger partial charge in [0.15, 0.2) is 0 Å². The lowest BCUT2D eigenvalue weighted by molar-refractivity contribution is -0.113. The number of anilines is 1. The number of hydrogen-bond donors (Lipinski definition) is 2. The van der Waals surface area contributed by atoms with Crippen molar-refractivity contribution in [1.29, 1.82) is 0 Å². The number of ether oxygens (including phenoxy) is 1. The van der Waals surface area contributed by atoms with E-state index in [2.05, 4.69) is 25.2 Å². The molecule has 0 radical (unpaired) electrons. The van der Waals surface area contributed by atoms with Crippen LogP contribution < -0.4 is 5.32 Å². The second-order valence-corrected chi connectivity index (χ2v) is 5.05. The van der Waals surface area contributed by atoms with Crippen LogP contribution in [0, 0.1) is 6.92 Å². The molecule has 1 amide bonds. The number of aromatic amines is 1. The lowest BCUT2D eigenvalue weighted by Gasteiger charge is -2.05. The van der Waals surface area contributed by atoms with E-state index in [4.69, 9.17) is 0 Å². The molecule has 2 aromatic rings. The second kappa shape index (κ2) is 6.89. The minimum Gasteiger partial charge on any atom is -0.465 e. The molecule has 21 heavy (non-hydrogen) atoms. The maximum Gasteiger partial charge on any atom is 0.337 e. The zero-order chi connectivity index (χ0) is 15.2. The SMILES string of the molecule is COC(=O)c1ccc(NC(=O)CSc2n[nH]c(C)n2)cc1. The van der Waals surface area contributed by atoms with Crippen LogP contribution in [0.3, 0.4) is 0 Å². The summed E-state index contributed by atoms with van der Waals surface area (Å²) in [5, 5.41) is 9.89. The summed E-state index contributed by atoms with van der Waals surface area (Å²) in [7, 11) is 1.32. The molecule has 2 N–H and O–H groups in total. The molecule has 1 aromatic heterocycles. The van der Waals surface area contributed by atoms with E-state index in [-0.39, 0.29) is 11.7 Å². The number of methoxy groups -OCH3 is 1. The van der Waals surface area contributed by atoms with Crippen LogP contribution in [-0.2, 0) is 9.53 Å². The van der Waals surface area contributed by atoms with E-state index in [0.29, 0.717) is 22.2 Å². The molecule has 0 aliphatic heterocycles. The predicted molar refractivity (Wildman–Crippen MR) is 78.3 cm³/mol. The van der Waals surface area contributed by atoms with Crippen molar-refractivity contribution in [2.75, 3.05) is 18.2 Å². The predicted octanol–water partition coefficient (Wildman–Crippen LogP) is 1.63. The summed E-state index contributed by atoms with van der Waals surface area (Å²) in [6.45, 7) is 1.79. The van der Waals surface area contributed by atoms with E-state index in [1.807, 2.05) is 0 Å². The molecule has 0 spiro atoms. The molecule has 0 fully saturated rings. The van der Waals surface area contributed by atoms with Gasteiger partial charge >= 0.3 is 5.97 Å². The van der Waals surface area contributed by atoms with Crippen molar-refractivity contribution in [3.63, 3.8) is 0 Å². The van der Waals surface area contributed by atoms with Crippen LogP contribution in [0.5, 0.6) is 0 Å². The van der Waals surface area contributed by atoms with E-state index in [1.165, 1.54) is 18.9 Å². The first kappa shape index (κ1) is 15.0. The minimum atomic E-state index is -0.414. The number of H-pyrrole nitrogens is 1. The first-order valence-electron chi connectivity index (χ1n) is 6.08. The summed E-state index contributed by atoms with van der Waals surface area (Å²) in [5.74, 6) is 0.323. The van der Waals surface area contributed by atoms with Gasteiger partial charge in [-0.2, -0.15) is 0 Å². The minimum absolute atomic E-state index is 0.173. The quantitative estimate of drug-likeness (QED) is 0.643. The Kier molecular flexibility index (Phi) is 4.94. The number of aryl methyl sites for hydroxylation is 1. The van der Waals surface area contributed by atoms with Gasteiger partial charge in [0.25, 0.3) is 0 Å². The molecule has 110 valence electrons. The Morgan fingerprint density at radius 2 is 2.05 bits per heavy atom. The van der Waals surface area contributed by atoms with Gasteiger partial charge in [-0.05, 0) is 31.2 Å². The Hall–Kier alpha value is -2.35. The van der Waals surface area contributed by atoms with E-state index in [0.717, 1.165) is 0 Å². The van der Waals surface area contributed by atoms with Crippen LogP contribution >= 0.6 is 11.8 Å². The lowest BCUT2D eigenvalue weighted by atomic mass is 10.2. The van der Waals surface area contributed by atoms with E-state index in [9.17, 15) is 9.59 Å². The molecule has 0 saturated carbocycles. The largest absolute Gasteiger partial charge is 0.465 e. The fourth-order valence-electron chi connectivity index (χ4n) is 1.52. The number of hydrogen-bond acceptors (Lipinski definition) is 6. The summed E-state index contributed by atoms with van der Waals surface area (Å²) >= 11 is 1.24. The fraction of sp³-hybridized carbons (Fsp3) is 0.231. The molecule has 0 aliphatic rings. The Balaban J connectivity index is 1.86. The number of nitrogens with one attached hydrogen (secondary N) is 2. The van der Waals surface area contributed by atoms with Crippen LogP contribution in [0.15, 0.2) is 29.4 Å². The Morgan fingerprint density at radius 1 is 1.33 bits per heavy atom. The molecular formula is C13H14N4O3S. The number of aromatic nitrogens is 3. The summed E-state index contributed by atoms with van der Waals surface area (Å²) in [6.07, 6.45) is 0. The van der Waals surface area contributed by atoms with Crippen LogP contribution in [0.4, 0.5) is 5.69 Å². The number of rotatable bonds is 5. The van der Waals surface area contributed by atoms with Gasteiger partial charge in [-0.1, -0.05) is 11.8 Å². The first-order valence-corrected chi connectivity index (χ1v) is 7.07. The number of esters is 1. The van der Waals surface area contributed by atoms with Gasteiger partial charge in [-0.25, -0.2) is 9.78 Å². The zero-order valence-corrected chi connectivity index (χ0v) is 12.4. The first-order chi connectivity index (χ1) is 10.1. The molecule has 0 unspecified atom stereocenters. The van der Waals surface area contributed by atoms with Crippen molar-refractivity contribution >= 4 is 29.3 Å². The van der Waals surface area contributed by atoms with Gasteiger partial charge in [0, 0.05) is 5.69 Å². The highest BCUT2D eigenvalue weighted by molar-refractivity contribution is 7.99. The highest BCUT2D eigenvalue weighted by Gasteiger charge is 2.08. The van der Waals surface area contributed by atoms with Gasteiger partial charge in [0.05, 0.1) is 18.4 Å². The van der Waals surface area contributed by atoms with Crippen molar-refractivity contribution in [3.05, 3.63) is 35.7 Å². The van der Waals surface area contributed by atoms with E-state index in [1.54, 1.807) is 31.2 Å². The summed E-state index contributed by atoms with van der Waals surface area (Å²) in [5.41, 5.74) is 1.04. The third-order valence-corrected chi connectivity index (χ3v) is 3.35. The zero-order valence-electron chi connectivity index (χ0n) is 11.5. The monoisotopic (exact) mass is 306 g/mol. The third kappa shape index (κ3) is 4.32. The van der Waals surface area contributed by atoms with E-state index >= 15 is 0 Å². The second-order valence-electron chi connectivity index (χ2n) is 4.11. The van der Waals surface area contributed by atoms with E-state index < -0.39 is 5.97 Å². The highest BCUT2D eigenvalue weighted by atomic mass is 32.2.